The van der Waals surface area contributed by atoms with Gasteiger partial charge < -0.3 is 10.6 Å². The highest BCUT2D eigenvalue weighted by atomic mass is 15.3. The van der Waals surface area contributed by atoms with Crippen molar-refractivity contribution in [1.82, 2.24) is 9.80 Å². The fraction of sp³-hybridized carbons (Fsp3) is 1.00. The minimum atomic E-state index is 0.289. The minimum Gasteiger partial charge on any atom is -0.329 e. The number of nitrogens with zero attached hydrogens (tertiary/aromatic N) is 2. The van der Waals surface area contributed by atoms with Crippen LogP contribution in [0.5, 0.6) is 0 Å². The molecule has 2 aliphatic rings. The van der Waals surface area contributed by atoms with Gasteiger partial charge in [0.1, 0.15) is 0 Å². The van der Waals surface area contributed by atoms with Gasteiger partial charge in [-0.3, -0.25) is 4.90 Å². The molecule has 1 saturated heterocycles. The number of rotatable bonds is 4. The van der Waals surface area contributed by atoms with Crippen molar-refractivity contribution in [3.8, 4) is 0 Å². The number of hydrogen-bond acceptors (Lipinski definition) is 3. The van der Waals surface area contributed by atoms with Gasteiger partial charge in [-0.1, -0.05) is 20.8 Å². The first-order valence-corrected chi connectivity index (χ1v) is 9.17. The fourth-order valence-electron chi connectivity index (χ4n) is 4.67. The molecule has 1 saturated carbocycles. The van der Waals surface area contributed by atoms with E-state index in [1.54, 1.807) is 0 Å². The Morgan fingerprint density at radius 3 is 2.38 bits per heavy atom. The lowest BCUT2D eigenvalue weighted by Gasteiger charge is -2.51. The first kappa shape index (κ1) is 17.2. The van der Waals surface area contributed by atoms with Crippen LogP contribution >= 0.6 is 0 Å². The van der Waals surface area contributed by atoms with Crippen LogP contribution in [0, 0.1) is 11.8 Å². The van der Waals surface area contributed by atoms with E-state index in [0.717, 1.165) is 18.4 Å². The molecule has 1 atom stereocenters. The Hall–Kier alpha value is -0.120. The second-order valence-corrected chi connectivity index (χ2v) is 7.88. The third-order valence-electron chi connectivity index (χ3n) is 6.27. The molecule has 1 aliphatic carbocycles. The van der Waals surface area contributed by atoms with Crippen molar-refractivity contribution in [1.29, 1.82) is 0 Å². The molecule has 0 aromatic heterocycles. The molecule has 0 aromatic rings. The van der Waals surface area contributed by atoms with E-state index in [-0.39, 0.29) is 5.54 Å². The van der Waals surface area contributed by atoms with E-state index >= 15 is 0 Å². The summed E-state index contributed by atoms with van der Waals surface area (Å²) in [7, 11) is 2.27. The van der Waals surface area contributed by atoms with Gasteiger partial charge in [-0.2, -0.15) is 0 Å². The summed E-state index contributed by atoms with van der Waals surface area (Å²) in [5.74, 6) is 1.75. The lowest BCUT2D eigenvalue weighted by molar-refractivity contribution is 0.00257. The molecular formula is C18H37N3. The first-order chi connectivity index (χ1) is 10.0. The zero-order valence-electron chi connectivity index (χ0n) is 14.8. The second-order valence-electron chi connectivity index (χ2n) is 7.88. The Morgan fingerprint density at radius 2 is 1.86 bits per heavy atom. The maximum atomic E-state index is 6.34. The van der Waals surface area contributed by atoms with Crippen LogP contribution in [-0.2, 0) is 0 Å². The van der Waals surface area contributed by atoms with Gasteiger partial charge >= 0.3 is 0 Å². The Labute approximate surface area is 132 Å². The summed E-state index contributed by atoms with van der Waals surface area (Å²) in [6, 6.07) is 0.691. The molecule has 1 unspecified atom stereocenters. The van der Waals surface area contributed by atoms with E-state index in [1.165, 1.54) is 58.2 Å². The topological polar surface area (TPSA) is 32.5 Å². The molecule has 3 nitrogen and oxygen atoms in total. The summed E-state index contributed by atoms with van der Waals surface area (Å²) in [4.78, 5) is 5.34. The van der Waals surface area contributed by atoms with Crippen LogP contribution in [0.25, 0.3) is 0 Å². The molecule has 1 aliphatic heterocycles. The van der Waals surface area contributed by atoms with Gasteiger partial charge in [0, 0.05) is 31.2 Å². The second kappa shape index (κ2) is 7.43. The van der Waals surface area contributed by atoms with Gasteiger partial charge in [-0.05, 0) is 64.0 Å². The zero-order valence-corrected chi connectivity index (χ0v) is 14.8. The maximum Gasteiger partial charge on any atom is 0.0335 e. The van der Waals surface area contributed by atoms with Crippen LogP contribution in [0.1, 0.15) is 59.3 Å². The van der Waals surface area contributed by atoms with Gasteiger partial charge in [0.05, 0.1) is 0 Å². The molecule has 2 fully saturated rings. The van der Waals surface area contributed by atoms with Gasteiger partial charge in [0.15, 0.2) is 0 Å². The molecule has 2 rings (SSSR count). The molecule has 0 bridgehead atoms. The lowest BCUT2D eigenvalue weighted by atomic mass is 9.71. The van der Waals surface area contributed by atoms with Crippen LogP contribution in [0.3, 0.4) is 0 Å². The maximum absolute atomic E-state index is 6.34. The first-order valence-electron chi connectivity index (χ1n) is 9.17. The summed E-state index contributed by atoms with van der Waals surface area (Å²) in [5.41, 5.74) is 6.63. The molecule has 21 heavy (non-hydrogen) atoms. The number of hydrogen-bond donors (Lipinski definition) is 1. The molecule has 124 valence electrons. The van der Waals surface area contributed by atoms with E-state index in [0.29, 0.717) is 6.04 Å². The van der Waals surface area contributed by atoms with Crippen LogP contribution in [-0.4, -0.2) is 54.6 Å². The highest BCUT2D eigenvalue weighted by molar-refractivity contribution is 4.99. The quantitative estimate of drug-likeness (QED) is 0.865. The molecule has 0 aromatic carbocycles. The van der Waals surface area contributed by atoms with Crippen LogP contribution in [0.15, 0.2) is 0 Å². The van der Waals surface area contributed by atoms with Crippen molar-refractivity contribution in [2.75, 3.05) is 33.2 Å². The summed E-state index contributed by atoms with van der Waals surface area (Å²) < 4.78 is 0. The Kier molecular flexibility index (Phi) is 6.10. The molecule has 1 heterocycles. The van der Waals surface area contributed by atoms with Crippen LogP contribution < -0.4 is 5.73 Å². The minimum absolute atomic E-state index is 0.289. The van der Waals surface area contributed by atoms with E-state index < -0.39 is 0 Å². The molecule has 0 spiro atoms. The average molecular weight is 296 g/mol. The Morgan fingerprint density at radius 1 is 1.19 bits per heavy atom. The molecule has 3 heteroatoms. The van der Waals surface area contributed by atoms with Crippen LogP contribution in [0.2, 0.25) is 0 Å². The predicted molar refractivity (Wildman–Crippen MR) is 91.5 cm³/mol. The van der Waals surface area contributed by atoms with Crippen molar-refractivity contribution in [2.45, 2.75) is 70.9 Å². The monoisotopic (exact) mass is 295 g/mol. The average Bonchev–Trinajstić information content (AvgIpc) is 2.68. The van der Waals surface area contributed by atoms with Crippen molar-refractivity contribution in [2.24, 2.45) is 17.6 Å². The highest BCUT2D eigenvalue weighted by Crippen LogP contribution is 2.40. The summed E-state index contributed by atoms with van der Waals surface area (Å²) >= 11 is 0. The van der Waals surface area contributed by atoms with Gasteiger partial charge in [0.2, 0.25) is 0 Å². The smallest absolute Gasteiger partial charge is 0.0335 e. The third-order valence-corrected chi connectivity index (χ3v) is 6.27. The summed E-state index contributed by atoms with van der Waals surface area (Å²) in [6.45, 7) is 11.7. The Balaban J connectivity index is 2.11. The number of nitrogens with two attached hydrogens (primary N) is 1. The lowest BCUT2D eigenvalue weighted by Crippen LogP contribution is -2.60. The molecule has 2 N–H and O–H groups in total. The normalized spacial score (nSPS) is 36.9. The molecular weight excluding hydrogens is 258 g/mol. The van der Waals surface area contributed by atoms with E-state index in [1.807, 2.05) is 0 Å². The van der Waals surface area contributed by atoms with E-state index in [9.17, 15) is 0 Å². The zero-order chi connectivity index (χ0) is 15.5. The van der Waals surface area contributed by atoms with Crippen molar-refractivity contribution >= 4 is 0 Å². The van der Waals surface area contributed by atoms with Crippen molar-refractivity contribution < 1.29 is 0 Å². The number of likely N-dealkylation sites (N-methyl/N-ethyl adjacent to an activating group) is 1. The van der Waals surface area contributed by atoms with Gasteiger partial charge in [-0.25, -0.2) is 0 Å². The van der Waals surface area contributed by atoms with Crippen molar-refractivity contribution in [3.05, 3.63) is 0 Å². The largest absolute Gasteiger partial charge is 0.329 e. The predicted octanol–water partition coefficient (Wildman–Crippen LogP) is 2.95. The van der Waals surface area contributed by atoms with E-state index in [2.05, 4.69) is 37.6 Å². The molecule has 0 amide bonds. The summed E-state index contributed by atoms with van der Waals surface area (Å²) in [5, 5.41) is 0. The van der Waals surface area contributed by atoms with Crippen molar-refractivity contribution in [3.63, 3.8) is 0 Å². The van der Waals surface area contributed by atoms with Crippen LogP contribution in [0.4, 0.5) is 0 Å². The SMILES string of the molecule is CCC1CN(C)CCCN1C1(CN)CCC(C(C)C)CC1. The van der Waals surface area contributed by atoms with Gasteiger partial charge in [-0.15, -0.1) is 0 Å². The summed E-state index contributed by atoms with van der Waals surface area (Å²) in [6.07, 6.45) is 7.91. The highest BCUT2D eigenvalue weighted by Gasteiger charge is 2.42. The third kappa shape index (κ3) is 3.80. The standard InChI is InChI=1S/C18H37N3/c1-5-17-13-20(4)11-6-12-21(17)18(14-19)9-7-16(8-10-18)15(2)3/h15-17H,5-14,19H2,1-4H3. The van der Waals surface area contributed by atoms with Gasteiger partial charge in [0.25, 0.3) is 0 Å². The Bertz CT molecular complexity index is 308. The molecule has 0 radical (unpaired) electrons. The fourth-order valence-corrected chi connectivity index (χ4v) is 4.67. The van der Waals surface area contributed by atoms with E-state index in [4.69, 9.17) is 5.73 Å².